The smallest absolute Gasteiger partial charge is 0.225 e. The normalized spacial score (nSPS) is 10.2. The van der Waals surface area contributed by atoms with Gasteiger partial charge in [0.1, 0.15) is 12.7 Å². The van der Waals surface area contributed by atoms with E-state index in [2.05, 4.69) is 15.4 Å². The van der Waals surface area contributed by atoms with Gasteiger partial charge in [0.25, 0.3) is 0 Å². The lowest BCUT2D eigenvalue weighted by atomic mass is 10.2. The highest BCUT2D eigenvalue weighted by Crippen LogP contribution is 2.12. The Labute approximate surface area is 103 Å². The Hall–Kier alpha value is -1.88. The Bertz CT molecular complexity index is 481. The summed E-state index contributed by atoms with van der Waals surface area (Å²) in [7, 11) is 0. The van der Waals surface area contributed by atoms with Gasteiger partial charge in [-0.25, -0.2) is 9.67 Å². The van der Waals surface area contributed by atoms with E-state index in [4.69, 9.17) is 11.6 Å². The van der Waals surface area contributed by atoms with Crippen molar-refractivity contribution in [3.05, 3.63) is 36.9 Å². The second-order valence-electron chi connectivity index (χ2n) is 3.37. The molecule has 88 valence electrons. The van der Waals surface area contributed by atoms with Crippen LogP contribution in [0.4, 0.5) is 5.69 Å². The largest absolute Gasteiger partial charge is 0.326 e. The molecule has 1 N–H and O–H groups in total. The van der Waals surface area contributed by atoms with Crippen LogP contribution >= 0.6 is 11.6 Å². The fourth-order valence-corrected chi connectivity index (χ4v) is 1.52. The van der Waals surface area contributed by atoms with Gasteiger partial charge in [-0.3, -0.25) is 4.79 Å². The SMILES string of the molecule is O=C(CCCl)Nc1ccc(-n2cncn2)cc1. The highest BCUT2D eigenvalue weighted by Gasteiger charge is 2.01. The molecule has 2 rings (SSSR count). The number of benzene rings is 1. The van der Waals surface area contributed by atoms with Crippen molar-refractivity contribution in [1.82, 2.24) is 14.8 Å². The summed E-state index contributed by atoms with van der Waals surface area (Å²) in [5, 5.41) is 6.75. The van der Waals surface area contributed by atoms with Gasteiger partial charge in [0.2, 0.25) is 5.91 Å². The van der Waals surface area contributed by atoms with Gasteiger partial charge in [0.15, 0.2) is 0 Å². The van der Waals surface area contributed by atoms with Crippen molar-refractivity contribution in [2.75, 3.05) is 11.2 Å². The number of hydrogen-bond acceptors (Lipinski definition) is 3. The molecule has 0 aliphatic rings. The van der Waals surface area contributed by atoms with Gasteiger partial charge in [-0.05, 0) is 24.3 Å². The van der Waals surface area contributed by atoms with Gasteiger partial charge < -0.3 is 5.32 Å². The topological polar surface area (TPSA) is 59.8 Å². The zero-order valence-corrected chi connectivity index (χ0v) is 9.76. The molecule has 0 fully saturated rings. The Morgan fingerprint density at radius 1 is 1.35 bits per heavy atom. The third-order valence-corrected chi connectivity index (χ3v) is 2.34. The molecule has 2 aromatic rings. The van der Waals surface area contributed by atoms with Crippen molar-refractivity contribution < 1.29 is 4.79 Å². The summed E-state index contributed by atoms with van der Waals surface area (Å²) >= 11 is 5.48. The second kappa shape index (κ2) is 5.45. The van der Waals surface area contributed by atoms with Gasteiger partial charge >= 0.3 is 0 Å². The van der Waals surface area contributed by atoms with E-state index < -0.39 is 0 Å². The molecule has 0 aliphatic heterocycles. The first-order chi connectivity index (χ1) is 8.29. The molecule has 0 saturated heterocycles. The molecule has 1 heterocycles. The van der Waals surface area contributed by atoms with Crippen molar-refractivity contribution in [2.45, 2.75) is 6.42 Å². The number of hydrogen-bond donors (Lipinski definition) is 1. The molecule has 0 unspecified atom stereocenters. The predicted octanol–water partition coefficient (Wildman–Crippen LogP) is 1.83. The maximum absolute atomic E-state index is 11.3. The average molecular weight is 251 g/mol. The number of halogens is 1. The summed E-state index contributed by atoms with van der Waals surface area (Å²) in [6.07, 6.45) is 3.39. The first-order valence-corrected chi connectivity index (χ1v) is 5.64. The standard InChI is InChI=1S/C11H11ClN4O/c12-6-5-11(17)15-9-1-3-10(4-2-9)16-8-13-7-14-16/h1-4,7-8H,5-6H2,(H,15,17). The van der Waals surface area contributed by atoms with Gasteiger partial charge in [0, 0.05) is 18.0 Å². The molecule has 1 aromatic heterocycles. The van der Waals surface area contributed by atoms with Crippen LogP contribution in [-0.4, -0.2) is 26.6 Å². The van der Waals surface area contributed by atoms with E-state index in [0.29, 0.717) is 12.3 Å². The molecule has 0 radical (unpaired) electrons. The lowest BCUT2D eigenvalue weighted by molar-refractivity contribution is -0.115. The number of alkyl halides is 1. The number of nitrogens with one attached hydrogen (secondary N) is 1. The highest BCUT2D eigenvalue weighted by atomic mass is 35.5. The molecule has 0 saturated carbocycles. The third kappa shape index (κ3) is 3.04. The van der Waals surface area contributed by atoms with E-state index in [9.17, 15) is 4.79 Å². The first-order valence-electron chi connectivity index (χ1n) is 5.10. The van der Waals surface area contributed by atoms with Crippen LogP contribution in [0.2, 0.25) is 0 Å². The number of nitrogens with zero attached hydrogens (tertiary/aromatic N) is 3. The number of aromatic nitrogens is 3. The van der Waals surface area contributed by atoms with E-state index in [1.807, 2.05) is 24.3 Å². The summed E-state index contributed by atoms with van der Waals surface area (Å²) in [4.78, 5) is 15.2. The molecule has 0 bridgehead atoms. The van der Waals surface area contributed by atoms with Gasteiger partial charge in [-0.1, -0.05) is 0 Å². The number of amides is 1. The molecule has 1 aromatic carbocycles. The average Bonchev–Trinajstić information content (AvgIpc) is 2.84. The Balaban J connectivity index is 2.06. The van der Waals surface area contributed by atoms with Crippen molar-refractivity contribution in [2.24, 2.45) is 0 Å². The summed E-state index contributed by atoms with van der Waals surface area (Å²) in [5.74, 6) is 0.233. The van der Waals surface area contributed by atoms with E-state index in [1.165, 1.54) is 6.33 Å². The van der Waals surface area contributed by atoms with Crippen LogP contribution in [0.1, 0.15) is 6.42 Å². The quantitative estimate of drug-likeness (QED) is 0.843. The molecule has 0 atom stereocenters. The van der Waals surface area contributed by atoms with Crippen molar-refractivity contribution in [1.29, 1.82) is 0 Å². The highest BCUT2D eigenvalue weighted by molar-refractivity contribution is 6.19. The van der Waals surface area contributed by atoms with Crippen LogP contribution in [0.15, 0.2) is 36.9 Å². The van der Waals surface area contributed by atoms with E-state index >= 15 is 0 Å². The van der Waals surface area contributed by atoms with Crippen LogP contribution in [0, 0.1) is 0 Å². The van der Waals surface area contributed by atoms with Crippen molar-refractivity contribution in [3.63, 3.8) is 0 Å². The zero-order valence-electron chi connectivity index (χ0n) is 9.01. The summed E-state index contributed by atoms with van der Waals surface area (Å²) in [6, 6.07) is 7.32. The van der Waals surface area contributed by atoms with Crippen LogP contribution < -0.4 is 5.32 Å². The minimum Gasteiger partial charge on any atom is -0.326 e. The molecule has 17 heavy (non-hydrogen) atoms. The fourth-order valence-electron chi connectivity index (χ4n) is 1.35. The van der Waals surface area contributed by atoms with Gasteiger partial charge in [0.05, 0.1) is 5.69 Å². The van der Waals surface area contributed by atoms with Crippen LogP contribution in [-0.2, 0) is 4.79 Å². The van der Waals surface area contributed by atoms with E-state index in [0.717, 1.165) is 11.4 Å². The second-order valence-corrected chi connectivity index (χ2v) is 3.75. The zero-order chi connectivity index (χ0) is 12.1. The summed E-state index contributed by atoms with van der Waals surface area (Å²) in [6.45, 7) is 0. The minimum absolute atomic E-state index is 0.0893. The predicted molar refractivity (Wildman–Crippen MR) is 65.3 cm³/mol. The number of carbonyl (C=O) groups is 1. The van der Waals surface area contributed by atoms with Crippen LogP contribution in [0.5, 0.6) is 0 Å². The first kappa shape index (κ1) is 11.6. The number of anilines is 1. The minimum atomic E-state index is -0.0893. The Morgan fingerprint density at radius 2 is 2.12 bits per heavy atom. The maximum atomic E-state index is 11.3. The Kier molecular flexibility index (Phi) is 3.72. The summed E-state index contributed by atoms with van der Waals surface area (Å²) in [5.41, 5.74) is 1.63. The maximum Gasteiger partial charge on any atom is 0.225 e. The lowest BCUT2D eigenvalue weighted by Gasteiger charge is -2.05. The van der Waals surface area contributed by atoms with E-state index in [-0.39, 0.29) is 5.91 Å². The lowest BCUT2D eigenvalue weighted by Crippen LogP contribution is -2.11. The molecule has 5 nitrogen and oxygen atoms in total. The Morgan fingerprint density at radius 3 is 2.71 bits per heavy atom. The number of carbonyl (C=O) groups excluding carboxylic acids is 1. The fraction of sp³-hybridized carbons (Fsp3) is 0.182. The molecule has 6 heteroatoms. The molecule has 0 aliphatic carbocycles. The van der Waals surface area contributed by atoms with Gasteiger partial charge in [-0.2, -0.15) is 5.10 Å². The molecule has 1 amide bonds. The van der Waals surface area contributed by atoms with Crippen LogP contribution in [0.3, 0.4) is 0 Å². The molecule has 0 spiro atoms. The van der Waals surface area contributed by atoms with E-state index in [1.54, 1.807) is 11.0 Å². The summed E-state index contributed by atoms with van der Waals surface area (Å²) < 4.78 is 1.64. The number of rotatable bonds is 4. The molecular formula is C11H11ClN4O. The van der Waals surface area contributed by atoms with Gasteiger partial charge in [-0.15, -0.1) is 11.6 Å². The third-order valence-electron chi connectivity index (χ3n) is 2.16. The van der Waals surface area contributed by atoms with Crippen molar-refractivity contribution in [3.8, 4) is 5.69 Å². The van der Waals surface area contributed by atoms with Crippen LogP contribution in [0.25, 0.3) is 5.69 Å². The molecular weight excluding hydrogens is 240 g/mol. The van der Waals surface area contributed by atoms with Crippen molar-refractivity contribution >= 4 is 23.2 Å². The monoisotopic (exact) mass is 250 g/mol.